The zero-order valence-electron chi connectivity index (χ0n) is 11.2. The minimum atomic E-state index is 0.365. The number of aromatic hydroxyl groups is 1. The summed E-state index contributed by atoms with van der Waals surface area (Å²) >= 11 is 0. The first-order chi connectivity index (χ1) is 8.17. The van der Waals surface area contributed by atoms with Crippen LogP contribution in [0.4, 0.5) is 0 Å². The maximum atomic E-state index is 9.45. The van der Waals surface area contributed by atoms with Crippen molar-refractivity contribution in [3.8, 4) is 5.75 Å². The van der Waals surface area contributed by atoms with Crippen molar-refractivity contribution in [3.05, 3.63) is 29.8 Å². The van der Waals surface area contributed by atoms with Crippen molar-refractivity contribution < 1.29 is 5.11 Å². The number of hydrogen-bond donors (Lipinski definition) is 2. The smallest absolute Gasteiger partial charge is 0.115 e. The molecule has 2 heteroatoms. The van der Waals surface area contributed by atoms with Gasteiger partial charge in [0.25, 0.3) is 0 Å². The molecule has 0 amide bonds. The van der Waals surface area contributed by atoms with Crippen molar-refractivity contribution in [1.82, 2.24) is 5.32 Å². The lowest BCUT2D eigenvalue weighted by molar-refractivity contribution is 0.364. The maximum Gasteiger partial charge on any atom is 0.115 e. The summed E-state index contributed by atoms with van der Waals surface area (Å²) in [5.41, 5.74) is 1.22. The van der Waals surface area contributed by atoms with Crippen LogP contribution in [0.2, 0.25) is 0 Å². The Bertz CT molecular complexity index is 324. The first-order valence-electron chi connectivity index (χ1n) is 6.68. The van der Waals surface area contributed by atoms with Crippen LogP contribution in [0.15, 0.2) is 24.3 Å². The molecule has 0 aliphatic rings. The van der Waals surface area contributed by atoms with Crippen molar-refractivity contribution in [2.75, 3.05) is 6.54 Å². The highest BCUT2D eigenvalue weighted by Crippen LogP contribution is 2.18. The molecule has 2 atom stereocenters. The minimum absolute atomic E-state index is 0.365. The average Bonchev–Trinajstić information content (AvgIpc) is 2.30. The van der Waals surface area contributed by atoms with E-state index in [-0.39, 0.29) is 0 Å². The second-order valence-corrected chi connectivity index (χ2v) is 4.82. The van der Waals surface area contributed by atoms with Crippen molar-refractivity contribution in [1.29, 1.82) is 0 Å². The van der Waals surface area contributed by atoms with Crippen LogP contribution >= 0.6 is 0 Å². The molecule has 17 heavy (non-hydrogen) atoms. The van der Waals surface area contributed by atoms with Gasteiger partial charge < -0.3 is 10.4 Å². The second kappa shape index (κ2) is 7.33. The number of benzene rings is 1. The summed E-state index contributed by atoms with van der Waals surface area (Å²) in [5, 5.41) is 13.0. The average molecular weight is 235 g/mol. The van der Waals surface area contributed by atoms with E-state index in [1.54, 1.807) is 6.07 Å². The van der Waals surface area contributed by atoms with Crippen molar-refractivity contribution >= 4 is 0 Å². The quantitative estimate of drug-likeness (QED) is 0.759. The Kier molecular flexibility index (Phi) is 6.06. The van der Waals surface area contributed by atoms with E-state index in [1.807, 2.05) is 12.1 Å². The molecule has 2 N–H and O–H groups in total. The fraction of sp³-hybridized carbons (Fsp3) is 0.600. The van der Waals surface area contributed by atoms with Crippen LogP contribution in [0.3, 0.4) is 0 Å². The van der Waals surface area contributed by atoms with Gasteiger partial charge in [-0.05, 0) is 49.4 Å². The zero-order valence-corrected chi connectivity index (χ0v) is 11.2. The second-order valence-electron chi connectivity index (χ2n) is 4.82. The SMILES string of the molecule is CCCNC(CC)C(C)Cc1cccc(O)c1. The predicted molar refractivity (Wildman–Crippen MR) is 73.3 cm³/mol. The Labute approximate surface area is 105 Å². The lowest BCUT2D eigenvalue weighted by Crippen LogP contribution is -2.35. The highest BCUT2D eigenvalue weighted by molar-refractivity contribution is 5.27. The molecule has 0 saturated heterocycles. The third kappa shape index (κ3) is 4.78. The summed E-state index contributed by atoms with van der Waals surface area (Å²) in [7, 11) is 0. The standard InChI is InChI=1S/C15H25NO/c1-4-9-16-15(5-2)12(3)10-13-7-6-8-14(17)11-13/h6-8,11-12,15-17H,4-5,9-10H2,1-3H3. The van der Waals surface area contributed by atoms with Crippen LogP contribution in [-0.4, -0.2) is 17.7 Å². The predicted octanol–water partition coefficient (Wildman–Crippen LogP) is 3.35. The van der Waals surface area contributed by atoms with Crippen LogP contribution in [0, 0.1) is 5.92 Å². The van der Waals surface area contributed by atoms with Crippen molar-refractivity contribution in [2.45, 2.75) is 46.1 Å². The Balaban J connectivity index is 2.54. The minimum Gasteiger partial charge on any atom is -0.508 e. The molecule has 96 valence electrons. The molecule has 1 aromatic rings. The van der Waals surface area contributed by atoms with Gasteiger partial charge in [-0.25, -0.2) is 0 Å². The normalized spacial score (nSPS) is 14.5. The highest BCUT2D eigenvalue weighted by atomic mass is 16.3. The van der Waals surface area contributed by atoms with Crippen molar-refractivity contribution in [3.63, 3.8) is 0 Å². The molecule has 2 unspecified atom stereocenters. The Hall–Kier alpha value is -1.02. The molecule has 0 spiro atoms. The van der Waals surface area contributed by atoms with E-state index in [0.29, 0.717) is 17.7 Å². The molecule has 0 saturated carbocycles. The summed E-state index contributed by atoms with van der Waals surface area (Å²) in [5.74, 6) is 0.956. The van der Waals surface area contributed by atoms with E-state index in [1.165, 1.54) is 12.0 Å². The largest absolute Gasteiger partial charge is 0.508 e. The number of nitrogens with one attached hydrogen (secondary N) is 1. The molecule has 1 rings (SSSR count). The van der Waals surface area contributed by atoms with E-state index in [9.17, 15) is 5.11 Å². The van der Waals surface area contributed by atoms with E-state index in [4.69, 9.17) is 0 Å². The number of phenolic OH excluding ortho intramolecular Hbond substituents is 1. The molecule has 0 fully saturated rings. The lowest BCUT2D eigenvalue weighted by atomic mass is 9.92. The summed E-state index contributed by atoms with van der Waals surface area (Å²) in [6.07, 6.45) is 3.35. The zero-order chi connectivity index (χ0) is 12.7. The van der Waals surface area contributed by atoms with Gasteiger partial charge >= 0.3 is 0 Å². The van der Waals surface area contributed by atoms with Gasteiger partial charge in [-0.15, -0.1) is 0 Å². The van der Waals surface area contributed by atoms with Crippen LogP contribution < -0.4 is 5.32 Å². The molecule has 0 heterocycles. The van der Waals surface area contributed by atoms with Gasteiger partial charge in [-0.1, -0.05) is 32.9 Å². The highest BCUT2D eigenvalue weighted by Gasteiger charge is 2.14. The molecule has 0 aromatic heterocycles. The molecule has 0 bridgehead atoms. The van der Waals surface area contributed by atoms with E-state index in [2.05, 4.69) is 32.2 Å². The monoisotopic (exact) mass is 235 g/mol. The Morgan fingerprint density at radius 2 is 2.06 bits per heavy atom. The van der Waals surface area contributed by atoms with Crippen LogP contribution in [0.25, 0.3) is 0 Å². The third-order valence-electron chi connectivity index (χ3n) is 3.25. The molecule has 2 nitrogen and oxygen atoms in total. The van der Waals surface area contributed by atoms with Crippen LogP contribution in [-0.2, 0) is 6.42 Å². The van der Waals surface area contributed by atoms with Gasteiger partial charge in [0, 0.05) is 6.04 Å². The third-order valence-corrected chi connectivity index (χ3v) is 3.25. The van der Waals surface area contributed by atoms with Crippen LogP contribution in [0.5, 0.6) is 5.75 Å². The number of phenols is 1. The molecule has 1 aromatic carbocycles. The topological polar surface area (TPSA) is 32.3 Å². The van der Waals surface area contributed by atoms with Crippen LogP contribution in [0.1, 0.15) is 39.2 Å². The molecule has 0 aliphatic heterocycles. The number of hydrogen-bond acceptors (Lipinski definition) is 2. The lowest BCUT2D eigenvalue weighted by Gasteiger charge is -2.24. The van der Waals surface area contributed by atoms with Gasteiger partial charge in [0.15, 0.2) is 0 Å². The van der Waals surface area contributed by atoms with E-state index in [0.717, 1.165) is 19.4 Å². The maximum absolute atomic E-state index is 9.45. The van der Waals surface area contributed by atoms with E-state index < -0.39 is 0 Å². The van der Waals surface area contributed by atoms with Gasteiger partial charge in [-0.3, -0.25) is 0 Å². The van der Waals surface area contributed by atoms with Crippen molar-refractivity contribution in [2.24, 2.45) is 5.92 Å². The molecule has 0 radical (unpaired) electrons. The van der Waals surface area contributed by atoms with Gasteiger partial charge in [0.2, 0.25) is 0 Å². The number of rotatable bonds is 7. The summed E-state index contributed by atoms with van der Waals surface area (Å²) in [6, 6.07) is 8.15. The summed E-state index contributed by atoms with van der Waals surface area (Å²) < 4.78 is 0. The van der Waals surface area contributed by atoms with Gasteiger partial charge in [0.05, 0.1) is 0 Å². The first kappa shape index (κ1) is 14.0. The molecular weight excluding hydrogens is 210 g/mol. The first-order valence-corrected chi connectivity index (χ1v) is 6.68. The fourth-order valence-electron chi connectivity index (χ4n) is 2.28. The summed E-state index contributed by atoms with van der Waals surface area (Å²) in [4.78, 5) is 0. The fourth-order valence-corrected chi connectivity index (χ4v) is 2.28. The van der Waals surface area contributed by atoms with E-state index >= 15 is 0 Å². The Morgan fingerprint density at radius 1 is 1.29 bits per heavy atom. The Morgan fingerprint density at radius 3 is 2.65 bits per heavy atom. The van der Waals surface area contributed by atoms with Gasteiger partial charge in [0.1, 0.15) is 5.75 Å². The summed E-state index contributed by atoms with van der Waals surface area (Å²) in [6.45, 7) is 7.79. The molecular formula is C15H25NO. The molecule has 0 aliphatic carbocycles. The van der Waals surface area contributed by atoms with Gasteiger partial charge in [-0.2, -0.15) is 0 Å².